The number of allylic oxidation sites excluding steroid dienone is 1. The third kappa shape index (κ3) is 2.80. The minimum Gasteiger partial charge on any atom is -0.463 e. The summed E-state index contributed by atoms with van der Waals surface area (Å²) in [6.07, 6.45) is 6.89. The Balaban J connectivity index is 1.45. The molecular weight excluding hydrogens is 354 g/mol. The summed E-state index contributed by atoms with van der Waals surface area (Å²) in [5, 5.41) is 0. The SMILES string of the molecule is Cc1ccnc(OC[C@H]2CCS(=O)(=O)C23CN(C(=O)C2=CCCC2)C3)n1. The second kappa shape index (κ2) is 6.33. The van der Waals surface area contributed by atoms with Gasteiger partial charge in [-0.25, -0.2) is 18.4 Å². The third-order valence-electron chi connectivity index (χ3n) is 5.80. The quantitative estimate of drug-likeness (QED) is 0.785. The zero-order valence-corrected chi connectivity index (χ0v) is 15.7. The zero-order chi connectivity index (χ0) is 18.4. The van der Waals surface area contributed by atoms with Crippen molar-refractivity contribution in [2.45, 2.75) is 37.4 Å². The maximum Gasteiger partial charge on any atom is 0.316 e. The number of hydrogen-bond acceptors (Lipinski definition) is 6. The number of likely N-dealkylation sites (tertiary alicyclic amines) is 1. The highest BCUT2D eigenvalue weighted by Gasteiger charge is 2.62. The van der Waals surface area contributed by atoms with Crippen molar-refractivity contribution in [1.82, 2.24) is 14.9 Å². The molecule has 1 amide bonds. The van der Waals surface area contributed by atoms with E-state index in [1.807, 2.05) is 13.0 Å². The van der Waals surface area contributed by atoms with E-state index < -0.39 is 14.6 Å². The fraction of sp³-hybridized carbons (Fsp3) is 0.611. The average molecular weight is 377 g/mol. The third-order valence-corrected chi connectivity index (χ3v) is 8.41. The Morgan fingerprint density at radius 1 is 1.42 bits per heavy atom. The number of amides is 1. The molecule has 1 aliphatic carbocycles. The van der Waals surface area contributed by atoms with E-state index >= 15 is 0 Å². The standard InChI is InChI=1S/C18H23N3O4S/c1-13-6-8-19-17(20-13)25-10-15-7-9-26(23,24)18(15)11-21(12-18)16(22)14-4-2-3-5-14/h4,6,8,15H,2-3,5,7,9-12H2,1H3/t15-/m1/s1. The van der Waals surface area contributed by atoms with Gasteiger partial charge < -0.3 is 9.64 Å². The first-order valence-electron chi connectivity index (χ1n) is 9.04. The number of rotatable bonds is 4. The van der Waals surface area contributed by atoms with Crippen molar-refractivity contribution >= 4 is 15.7 Å². The molecule has 8 heteroatoms. The van der Waals surface area contributed by atoms with Gasteiger partial charge in [-0.1, -0.05) is 6.08 Å². The van der Waals surface area contributed by atoms with E-state index in [4.69, 9.17) is 4.74 Å². The second-order valence-electron chi connectivity index (χ2n) is 7.44. The van der Waals surface area contributed by atoms with Gasteiger partial charge in [0.05, 0.1) is 12.4 Å². The number of ether oxygens (including phenoxy) is 1. The maximum atomic E-state index is 12.7. The first kappa shape index (κ1) is 17.5. The molecule has 2 aliphatic heterocycles. The van der Waals surface area contributed by atoms with Gasteiger partial charge in [-0.3, -0.25) is 4.79 Å². The molecule has 2 fully saturated rings. The Morgan fingerprint density at radius 3 is 2.92 bits per heavy atom. The summed E-state index contributed by atoms with van der Waals surface area (Å²) in [5.41, 5.74) is 1.63. The maximum absolute atomic E-state index is 12.7. The Kier molecular flexibility index (Phi) is 4.25. The normalized spacial score (nSPS) is 25.8. The molecule has 0 aromatic carbocycles. The lowest BCUT2D eigenvalue weighted by Crippen LogP contribution is -2.69. The van der Waals surface area contributed by atoms with Crippen molar-refractivity contribution in [2.24, 2.45) is 5.92 Å². The van der Waals surface area contributed by atoms with Crippen LogP contribution in [0.15, 0.2) is 23.9 Å². The van der Waals surface area contributed by atoms with Crippen LogP contribution in [-0.2, 0) is 14.6 Å². The van der Waals surface area contributed by atoms with Gasteiger partial charge in [-0.15, -0.1) is 0 Å². The number of nitrogens with zero attached hydrogens (tertiary/aromatic N) is 3. The molecule has 0 N–H and O–H groups in total. The fourth-order valence-corrected chi connectivity index (χ4v) is 6.59. The molecule has 1 spiro atoms. The van der Waals surface area contributed by atoms with E-state index in [-0.39, 0.29) is 43.3 Å². The van der Waals surface area contributed by atoms with Crippen LogP contribution in [0.1, 0.15) is 31.4 Å². The summed E-state index contributed by atoms with van der Waals surface area (Å²) >= 11 is 0. The zero-order valence-electron chi connectivity index (χ0n) is 14.8. The lowest BCUT2D eigenvalue weighted by molar-refractivity contribution is -0.133. The lowest BCUT2D eigenvalue weighted by Gasteiger charge is -2.49. The molecule has 26 heavy (non-hydrogen) atoms. The van der Waals surface area contributed by atoms with E-state index in [1.165, 1.54) is 0 Å². The van der Waals surface area contributed by atoms with Crippen molar-refractivity contribution in [2.75, 3.05) is 25.4 Å². The van der Waals surface area contributed by atoms with Gasteiger partial charge in [0.25, 0.3) is 0 Å². The van der Waals surface area contributed by atoms with E-state index in [2.05, 4.69) is 9.97 Å². The summed E-state index contributed by atoms with van der Waals surface area (Å²) in [6, 6.07) is 2.05. The van der Waals surface area contributed by atoms with Crippen molar-refractivity contribution in [3.05, 3.63) is 29.6 Å². The smallest absolute Gasteiger partial charge is 0.316 e. The highest BCUT2D eigenvalue weighted by Crippen LogP contribution is 2.45. The summed E-state index contributed by atoms with van der Waals surface area (Å²) in [5.74, 6) is 0.00981. The highest BCUT2D eigenvalue weighted by molar-refractivity contribution is 7.93. The summed E-state index contributed by atoms with van der Waals surface area (Å²) in [7, 11) is -3.24. The minimum atomic E-state index is -3.24. The van der Waals surface area contributed by atoms with Crippen LogP contribution in [0, 0.1) is 12.8 Å². The monoisotopic (exact) mass is 377 g/mol. The van der Waals surface area contributed by atoms with Crippen molar-refractivity contribution in [1.29, 1.82) is 0 Å². The van der Waals surface area contributed by atoms with Gasteiger partial charge in [0, 0.05) is 36.5 Å². The van der Waals surface area contributed by atoms with E-state index in [1.54, 1.807) is 17.2 Å². The summed E-state index contributed by atoms with van der Waals surface area (Å²) < 4.78 is 30.2. The molecule has 0 bridgehead atoms. The lowest BCUT2D eigenvalue weighted by atomic mass is 9.83. The van der Waals surface area contributed by atoms with Gasteiger partial charge >= 0.3 is 6.01 Å². The molecule has 1 aromatic heterocycles. The number of sulfone groups is 1. The number of hydrogen-bond donors (Lipinski definition) is 0. The Hall–Kier alpha value is -1.96. The molecule has 0 unspecified atom stereocenters. The second-order valence-corrected chi connectivity index (χ2v) is 9.89. The minimum absolute atomic E-state index is 0.00286. The van der Waals surface area contributed by atoms with Crippen LogP contribution in [0.25, 0.3) is 0 Å². The molecule has 0 radical (unpaired) electrons. The van der Waals surface area contributed by atoms with Crippen LogP contribution < -0.4 is 4.74 Å². The molecule has 1 atom stereocenters. The molecular formula is C18H23N3O4S. The first-order valence-corrected chi connectivity index (χ1v) is 10.7. The van der Waals surface area contributed by atoms with Gasteiger partial charge in [-0.2, -0.15) is 0 Å². The number of carbonyl (C=O) groups is 1. The Bertz CT molecular complexity index is 859. The van der Waals surface area contributed by atoms with Crippen LogP contribution in [0.3, 0.4) is 0 Å². The molecule has 7 nitrogen and oxygen atoms in total. The summed E-state index contributed by atoms with van der Waals surface area (Å²) in [6.45, 7) is 2.65. The molecule has 0 saturated carbocycles. The largest absolute Gasteiger partial charge is 0.463 e. The van der Waals surface area contributed by atoms with Crippen LogP contribution >= 0.6 is 0 Å². The van der Waals surface area contributed by atoms with Crippen LogP contribution in [0.5, 0.6) is 6.01 Å². The highest BCUT2D eigenvalue weighted by atomic mass is 32.2. The van der Waals surface area contributed by atoms with Crippen molar-refractivity contribution in [3.63, 3.8) is 0 Å². The van der Waals surface area contributed by atoms with Gasteiger partial charge in [0.2, 0.25) is 5.91 Å². The van der Waals surface area contributed by atoms with Gasteiger partial charge in [-0.05, 0) is 38.7 Å². The van der Waals surface area contributed by atoms with Crippen LogP contribution in [-0.4, -0.2) is 59.4 Å². The Morgan fingerprint density at radius 2 is 2.23 bits per heavy atom. The van der Waals surface area contributed by atoms with Gasteiger partial charge in [0.15, 0.2) is 9.84 Å². The molecule has 140 valence electrons. The average Bonchev–Trinajstić information content (AvgIpc) is 3.17. The van der Waals surface area contributed by atoms with Gasteiger partial charge in [0.1, 0.15) is 4.75 Å². The fourth-order valence-electron chi connectivity index (χ4n) is 4.19. The molecule has 3 heterocycles. The molecule has 2 saturated heterocycles. The van der Waals surface area contributed by atoms with E-state index in [9.17, 15) is 13.2 Å². The molecule has 3 aliphatic rings. The summed E-state index contributed by atoms with van der Waals surface area (Å²) in [4.78, 5) is 22.5. The topological polar surface area (TPSA) is 89.5 Å². The number of aromatic nitrogens is 2. The number of aryl methyl sites for hydroxylation is 1. The first-order chi connectivity index (χ1) is 12.4. The van der Waals surface area contributed by atoms with Crippen LogP contribution in [0.2, 0.25) is 0 Å². The molecule has 4 rings (SSSR count). The predicted octanol–water partition coefficient (Wildman–Crippen LogP) is 1.29. The molecule has 1 aromatic rings. The van der Waals surface area contributed by atoms with Crippen molar-refractivity contribution in [3.8, 4) is 6.01 Å². The Labute approximate surface area is 153 Å². The predicted molar refractivity (Wildman–Crippen MR) is 95.4 cm³/mol. The van der Waals surface area contributed by atoms with E-state index in [0.717, 1.165) is 30.5 Å². The number of carbonyl (C=O) groups excluding carboxylic acids is 1. The van der Waals surface area contributed by atoms with Crippen molar-refractivity contribution < 1.29 is 17.9 Å². The van der Waals surface area contributed by atoms with Crippen LogP contribution in [0.4, 0.5) is 0 Å². The van der Waals surface area contributed by atoms with E-state index in [0.29, 0.717) is 6.42 Å².